The Morgan fingerprint density at radius 2 is 1.91 bits per heavy atom. The molecule has 2 atom stereocenters. The average molecular weight is 176 g/mol. The van der Waals surface area contributed by atoms with Crippen molar-refractivity contribution in [2.75, 3.05) is 5.75 Å². The summed E-state index contributed by atoms with van der Waals surface area (Å²) in [5.74, 6) is 0.566. The lowest BCUT2D eigenvalue weighted by molar-refractivity contribution is 0.138. The highest BCUT2D eigenvalue weighted by molar-refractivity contribution is 7.93. The molecule has 2 rings (SSSR count). The molecule has 1 saturated heterocycles. The Hall–Kier alpha value is -0.0900. The van der Waals surface area contributed by atoms with Gasteiger partial charge in [0.2, 0.25) is 0 Å². The first-order valence-corrected chi connectivity index (χ1v) is 5.72. The number of hydrogen-bond acceptors (Lipinski definition) is 3. The van der Waals surface area contributed by atoms with E-state index in [1.54, 1.807) is 0 Å². The number of rotatable bonds is 2. The number of hydrogen-bond donors (Lipinski definition) is 1. The molecule has 0 amide bonds. The van der Waals surface area contributed by atoms with Crippen LogP contribution in [-0.4, -0.2) is 30.6 Å². The van der Waals surface area contributed by atoms with E-state index in [2.05, 4.69) is 0 Å². The Balaban J connectivity index is 2.05. The molecule has 11 heavy (non-hydrogen) atoms. The maximum absolute atomic E-state index is 11.0. The van der Waals surface area contributed by atoms with Crippen LogP contribution in [-0.2, 0) is 9.84 Å². The van der Waals surface area contributed by atoms with Crippen molar-refractivity contribution in [3.8, 4) is 0 Å². The maximum Gasteiger partial charge on any atom is 0.155 e. The second-order valence-electron chi connectivity index (χ2n) is 3.52. The molecule has 1 aliphatic heterocycles. The van der Waals surface area contributed by atoms with Gasteiger partial charge in [-0.15, -0.1) is 0 Å². The second-order valence-corrected chi connectivity index (χ2v) is 5.86. The summed E-state index contributed by atoms with van der Waals surface area (Å²) >= 11 is 0. The molecule has 1 heterocycles. The molecule has 0 aromatic rings. The number of aliphatic hydroxyl groups excluding tert-OH is 1. The summed E-state index contributed by atoms with van der Waals surface area (Å²) in [6, 6.07) is 0. The van der Waals surface area contributed by atoms with Gasteiger partial charge in [0, 0.05) is 0 Å². The van der Waals surface area contributed by atoms with Crippen LogP contribution in [0.4, 0.5) is 0 Å². The molecule has 1 aliphatic carbocycles. The summed E-state index contributed by atoms with van der Waals surface area (Å²) in [5, 5.41) is 9.04. The van der Waals surface area contributed by atoms with Gasteiger partial charge in [-0.1, -0.05) is 0 Å². The Bertz CT molecular complexity index is 253. The van der Waals surface area contributed by atoms with Crippen LogP contribution in [0.25, 0.3) is 0 Å². The zero-order chi connectivity index (χ0) is 8.06. The molecule has 0 aromatic heterocycles. The Morgan fingerprint density at radius 3 is 2.18 bits per heavy atom. The molecule has 0 bridgehead atoms. The van der Waals surface area contributed by atoms with E-state index in [1.807, 2.05) is 0 Å². The quantitative estimate of drug-likeness (QED) is 0.641. The normalized spacial score (nSPS) is 37.7. The van der Waals surface area contributed by atoms with Crippen molar-refractivity contribution in [1.29, 1.82) is 0 Å². The molecule has 2 unspecified atom stereocenters. The van der Waals surface area contributed by atoms with E-state index in [4.69, 9.17) is 0 Å². The molecule has 1 saturated carbocycles. The Kier molecular flexibility index (Phi) is 1.51. The van der Waals surface area contributed by atoms with Crippen molar-refractivity contribution in [2.45, 2.75) is 30.6 Å². The van der Waals surface area contributed by atoms with Gasteiger partial charge in [0.1, 0.15) is 0 Å². The monoisotopic (exact) mass is 176 g/mol. The minimum Gasteiger partial charge on any atom is -0.391 e. The molecular weight excluding hydrogens is 164 g/mol. The minimum absolute atomic E-state index is 0.279. The van der Waals surface area contributed by atoms with Crippen LogP contribution in [0.3, 0.4) is 0 Å². The largest absolute Gasteiger partial charge is 0.391 e. The van der Waals surface area contributed by atoms with E-state index < -0.39 is 21.2 Å². The zero-order valence-electron chi connectivity index (χ0n) is 6.23. The molecule has 3 nitrogen and oxygen atoms in total. The Morgan fingerprint density at radius 1 is 1.27 bits per heavy atom. The standard InChI is InChI=1S/C7H12O3S/c8-7(5-1-2-5)6-3-4-11(6,9)10/h5-8H,1-4H2. The first kappa shape index (κ1) is 7.55. The van der Waals surface area contributed by atoms with Crippen molar-refractivity contribution in [3.63, 3.8) is 0 Å². The van der Waals surface area contributed by atoms with Gasteiger partial charge in [-0.05, 0) is 25.2 Å². The topological polar surface area (TPSA) is 54.4 Å². The lowest BCUT2D eigenvalue weighted by Crippen LogP contribution is -2.46. The predicted octanol–water partition coefficient (Wildman–Crippen LogP) is -0.0556. The van der Waals surface area contributed by atoms with Crippen LogP contribution in [0.15, 0.2) is 0 Å². The summed E-state index contributed by atoms with van der Waals surface area (Å²) in [5.41, 5.74) is 0. The predicted molar refractivity (Wildman–Crippen MR) is 40.9 cm³/mol. The van der Waals surface area contributed by atoms with E-state index in [0.717, 1.165) is 12.8 Å². The van der Waals surface area contributed by atoms with E-state index in [1.165, 1.54) is 0 Å². The number of aliphatic hydroxyl groups is 1. The van der Waals surface area contributed by atoms with Crippen molar-refractivity contribution in [1.82, 2.24) is 0 Å². The van der Waals surface area contributed by atoms with Crippen LogP contribution in [0.5, 0.6) is 0 Å². The fraction of sp³-hybridized carbons (Fsp3) is 1.00. The van der Waals surface area contributed by atoms with Crippen LogP contribution in [0.2, 0.25) is 0 Å². The SMILES string of the molecule is O=S1(=O)CCC1C(O)C1CC1. The van der Waals surface area contributed by atoms with E-state index in [0.29, 0.717) is 6.42 Å². The second kappa shape index (κ2) is 2.20. The fourth-order valence-electron chi connectivity index (χ4n) is 1.57. The minimum atomic E-state index is -2.88. The molecule has 0 aromatic carbocycles. The summed E-state index contributed by atoms with van der Waals surface area (Å²) in [6.07, 6.45) is 2.12. The molecule has 4 heteroatoms. The smallest absolute Gasteiger partial charge is 0.155 e. The molecule has 2 fully saturated rings. The van der Waals surface area contributed by atoms with E-state index in [-0.39, 0.29) is 11.7 Å². The van der Waals surface area contributed by atoms with Crippen LogP contribution < -0.4 is 0 Å². The lowest BCUT2D eigenvalue weighted by atomic mass is 10.1. The van der Waals surface area contributed by atoms with Crippen LogP contribution >= 0.6 is 0 Å². The summed E-state index contributed by atoms with van der Waals surface area (Å²) in [4.78, 5) is 0. The lowest BCUT2D eigenvalue weighted by Gasteiger charge is -2.30. The van der Waals surface area contributed by atoms with Crippen LogP contribution in [0, 0.1) is 5.92 Å². The summed E-state index contributed by atoms with van der Waals surface area (Å²) in [6.45, 7) is 0. The third kappa shape index (κ3) is 1.18. The van der Waals surface area contributed by atoms with Gasteiger partial charge in [0.25, 0.3) is 0 Å². The molecule has 0 radical (unpaired) electrons. The highest BCUT2D eigenvalue weighted by atomic mass is 32.2. The fourth-order valence-corrected chi connectivity index (χ4v) is 3.11. The van der Waals surface area contributed by atoms with Gasteiger partial charge < -0.3 is 5.11 Å². The maximum atomic E-state index is 11.0. The third-order valence-electron chi connectivity index (χ3n) is 2.63. The Labute approximate surface area is 66.3 Å². The average Bonchev–Trinajstić information content (AvgIpc) is 2.66. The molecule has 2 aliphatic rings. The summed E-state index contributed by atoms with van der Waals surface area (Å²) < 4.78 is 22.1. The third-order valence-corrected chi connectivity index (χ3v) is 4.88. The first-order chi connectivity index (χ1) is 5.11. The van der Waals surface area contributed by atoms with Crippen molar-refractivity contribution in [2.24, 2.45) is 5.92 Å². The van der Waals surface area contributed by atoms with Crippen molar-refractivity contribution < 1.29 is 13.5 Å². The number of sulfone groups is 1. The highest BCUT2D eigenvalue weighted by Crippen LogP contribution is 2.39. The van der Waals surface area contributed by atoms with Crippen LogP contribution in [0.1, 0.15) is 19.3 Å². The van der Waals surface area contributed by atoms with E-state index >= 15 is 0 Å². The van der Waals surface area contributed by atoms with Gasteiger partial charge in [-0.3, -0.25) is 0 Å². The van der Waals surface area contributed by atoms with Crippen molar-refractivity contribution >= 4 is 9.84 Å². The van der Waals surface area contributed by atoms with E-state index in [9.17, 15) is 13.5 Å². The molecular formula is C7H12O3S. The van der Waals surface area contributed by atoms with Gasteiger partial charge in [0.15, 0.2) is 9.84 Å². The molecule has 0 spiro atoms. The zero-order valence-corrected chi connectivity index (χ0v) is 7.05. The summed E-state index contributed by atoms with van der Waals surface area (Å²) in [7, 11) is -2.88. The van der Waals surface area contributed by atoms with Crippen molar-refractivity contribution in [3.05, 3.63) is 0 Å². The highest BCUT2D eigenvalue weighted by Gasteiger charge is 2.46. The van der Waals surface area contributed by atoms with Gasteiger partial charge in [0.05, 0.1) is 17.1 Å². The first-order valence-electron chi connectivity index (χ1n) is 4.01. The van der Waals surface area contributed by atoms with Gasteiger partial charge in [-0.25, -0.2) is 8.42 Å². The van der Waals surface area contributed by atoms with Gasteiger partial charge >= 0.3 is 0 Å². The molecule has 1 N–H and O–H groups in total. The molecule has 64 valence electrons. The van der Waals surface area contributed by atoms with Gasteiger partial charge in [-0.2, -0.15) is 0 Å².